The number of hydrogen-bond donors (Lipinski definition) is 1. The maximum absolute atomic E-state index is 13.5. The van der Waals surface area contributed by atoms with Crippen molar-refractivity contribution in [1.29, 1.82) is 0 Å². The van der Waals surface area contributed by atoms with Crippen molar-refractivity contribution in [3.05, 3.63) is 34.6 Å². The Labute approximate surface area is 83.0 Å². The molecule has 2 aromatic rings. The maximum Gasteiger partial charge on any atom is 0.266 e. The van der Waals surface area contributed by atoms with Gasteiger partial charge in [0.2, 0.25) is 0 Å². The normalized spacial score (nSPS) is 10.8. The standard InChI is InChI=1S/C9H7F2N3O/c10-3-14-4-13-6-2-1-5(12)8(11)7(6)9(14)15/h1-2,4H,3,12H2. The number of hydrogen-bond acceptors (Lipinski definition) is 3. The molecule has 6 heteroatoms. The molecule has 4 nitrogen and oxygen atoms in total. The number of nitrogens with zero attached hydrogens (tertiary/aromatic N) is 2. The number of alkyl halides is 1. The SMILES string of the molecule is Nc1ccc2ncn(CF)c(=O)c2c1F. The van der Waals surface area contributed by atoms with E-state index in [9.17, 15) is 13.6 Å². The Balaban J connectivity index is 2.96. The molecule has 1 aromatic carbocycles. The molecule has 0 bridgehead atoms. The maximum atomic E-state index is 13.5. The number of aromatic nitrogens is 2. The minimum atomic E-state index is -1.05. The molecule has 2 N–H and O–H groups in total. The molecular weight excluding hydrogens is 204 g/mol. The van der Waals surface area contributed by atoms with E-state index in [2.05, 4.69) is 4.98 Å². The first-order valence-electron chi connectivity index (χ1n) is 4.14. The van der Waals surface area contributed by atoms with E-state index in [1.807, 2.05) is 0 Å². The van der Waals surface area contributed by atoms with Crippen LogP contribution in [0.25, 0.3) is 10.9 Å². The highest BCUT2D eigenvalue weighted by atomic mass is 19.1. The summed E-state index contributed by atoms with van der Waals surface area (Å²) in [6.07, 6.45) is 1.03. The molecular formula is C9H7F2N3O. The summed E-state index contributed by atoms with van der Waals surface area (Å²) < 4.78 is 26.5. The summed E-state index contributed by atoms with van der Waals surface area (Å²) in [6, 6.07) is 2.72. The molecule has 0 aliphatic rings. The summed E-state index contributed by atoms with van der Waals surface area (Å²) in [4.78, 5) is 15.3. The summed E-state index contributed by atoms with van der Waals surface area (Å²) in [5.74, 6) is -0.854. The van der Waals surface area contributed by atoms with Crippen LogP contribution in [-0.4, -0.2) is 9.55 Å². The molecule has 78 valence electrons. The van der Waals surface area contributed by atoms with Gasteiger partial charge in [-0.15, -0.1) is 0 Å². The first-order chi connectivity index (χ1) is 7.15. The third-order valence-electron chi connectivity index (χ3n) is 2.09. The zero-order chi connectivity index (χ0) is 11.0. The predicted molar refractivity (Wildman–Crippen MR) is 51.5 cm³/mol. The smallest absolute Gasteiger partial charge is 0.266 e. The molecule has 0 spiro atoms. The number of nitrogens with two attached hydrogens (primary N) is 1. The van der Waals surface area contributed by atoms with Gasteiger partial charge < -0.3 is 5.73 Å². The highest BCUT2D eigenvalue weighted by Gasteiger charge is 2.11. The fraction of sp³-hybridized carbons (Fsp3) is 0.111. The summed E-state index contributed by atoms with van der Waals surface area (Å²) in [6.45, 7) is -1.05. The number of benzene rings is 1. The molecule has 2 rings (SSSR count). The van der Waals surface area contributed by atoms with Gasteiger partial charge in [-0.25, -0.2) is 13.8 Å². The van der Waals surface area contributed by atoms with Crippen LogP contribution >= 0.6 is 0 Å². The summed E-state index contributed by atoms with van der Waals surface area (Å²) in [7, 11) is 0. The van der Waals surface area contributed by atoms with E-state index in [0.717, 1.165) is 6.33 Å². The summed E-state index contributed by atoms with van der Waals surface area (Å²) >= 11 is 0. The van der Waals surface area contributed by atoms with Gasteiger partial charge in [0, 0.05) is 0 Å². The molecule has 0 saturated carbocycles. The Morgan fingerprint density at radius 2 is 2.20 bits per heavy atom. The minimum absolute atomic E-state index is 0.155. The van der Waals surface area contributed by atoms with E-state index in [0.29, 0.717) is 4.57 Å². The van der Waals surface area contributed by atoms with E-state index >= 15 is 0 Å². The average molecular weight is 211 g/mol. The Kier molecular flexibility index (Phi) is 2.11. The second-order valence-electron chi connectivity index (χ2n) is 3.00. The van der Waals surface area contributed by atoms with Crippen molar-refractivity contribution in [3.8, 4) is 0 Å². The zero-order valence-corrected chi connectivity index (χ0v) is 7.58. The van der Waals surface area contributed by atoms with Crippen LogP contribution in [0, 0.1) is 5.82 Å². The second kappa shape index (κ2) is 3.30. The lowest BCUT2D eigenvalue weighted by Gasteiger charge is -2.03. The number of halogens is 2. The van der Waals surface area contributed by atoms with Crippen LogP contribution in [0.4, 0.5) is 14.5 Å². The minimum Gasteiger partial charge on any atom is -0.396 e. The summed E-state index contributed by atoms with van der Waals surface area (Å²) in [5, 5.41) is -0.282. The molecule has 0 aliphatic carbocycles. The van der Waals surface area contributed by atoms with E-state index in [1.54, 1.807) is 0 Å². The number of nitrogen functional groups attached to an aromatic ring is 1. The van der Waals surface area contributed by atoms with Crippen LogP contribution in [0.2, 0.25) is 0 Å². The van der Waals surface area contributed by atoms with Crippen LogP contribution in [0.5, 0.6) is 0 Å². The molecule has 0 amide bonds. The molecule has 15 heavy (non-hydrogen) atoms. The lowest BCUT2D eigenvalue weighted by atomic mass is 10.2. The van der Waals surface area contributed by atoms with E-state index in [-0.39, 0.29) is 16.6 Å². The molecule has 0 saturated heterocycles. The van der Waals surface area contributed by atoms with Crippen molar-refractivity contribution in [1.82, 2.24) is 9.55 Å². The average Bonchev–Trinajstić information content (AvgIpc) is 2.24. The quantitative estimate of drug-likeness (QED) is 0.717. The Morgan fingerprint density at radius 1 is 1.47 bits per heavy atom. The Bertz CT molecular complexity index is 579. The first-order valence-corrected chi connectivity index (χ1v) is 4.14. The topological polar surface area (TPSA) is 60.9 Å². The van der Waals surface area contributed by atoms with Crippen molar-refractivity contribution < 1.29 is 8.78 Å². The third-order valence-corrected chi connectivity index (χ3v) is 2.09. The van der Waals surface area contributed by atoms with Gasteiger partial charge in [-0.3, -0.25) is 9.36 Å². The molecule has 0 atom stereocenters. The van der Waals surface area contributed by atoms with Crippen molar-refractivity contribution in [2.45, 2.75) is 6.80 Å². The molecule has 0 aliphatic heterocycles. The number of fused-ring (bicyclic) bond motifs is 1. The van der Waals surface area contributed by atoms with Crippen molar-refractivity contribution in [2.24, 2.45) is 0 Å². The van der Waals surface area contributed by atoms with Gasteiger partial charge in [0.05, 0.1) is 11.2 Å². The Morgan fingerprint density at radius 3 is 2.87 bits per heavy atom. The van der Waals surface area contributed by atoms with Gasteiger partial charge in [0.15, 0.2) is 12.6 Å². The van der Waals surface area contributed by atoms with Gasteiger partial charge >= 0.3 is 0 Å². The lowest BCUT2D eigenvalue weighted by molar-refractivity contribution is 0.367. The zero-order valence-electron chi connectivity index (χ0n) is 7.58. The van der Waals surface area contributed by atoms with Gasteiger partial charge in [-0.05, 0) is 12.1 Å². The van der Waals surface area contributed by atoms with E-state index in [1.165, 1.54) is 12.1 Å². The van der Waals surface area contributed by atoms with E-state index in [4.69, 9.17) is 5.73 Å². The third kappa shape index (κ3) is 1.34. The van der Waals surface area contributed by atoms with Gasteiger partial charge in [0.1, 0.15) is 11.7 Å². The van der Waals surface area contributed by atoms with Gasteiger partial charge in [0.25, 0.3) is 5.56 Å². The molecule has 0 fully saturated rings. The van der Waals surface area contributed by atoms with Gasteiger partial charge in [-0.1, -0.05) is 0 Å². The number of anilines is 1. The second-order valence-corrected chi connectivity index (χ2v) is 3.00. The highest BCUT2D eigenvalue weighted by Crippen LogP contribution is 2.17. The predicted octanol–water partition coefficient (Wildman–Crippen LogP) is 1.04. The van der Waals surface area contributed by atoms with Crippen molar-refractivity contribution >= 4 is 16.6 Å². The van der Waals surface area contributed by atoms with Crippen LogP contribution in [0.15, 0.2) is 23.3 Å². The van der Waals surface area contributed by atoms with Gasteiger partial charge in [-0.2, -0.15) is 0 Å². The monoisotopic (exact) mass is 211 g/mol. The first kappa shape index (κ1) is 9.57. The molecule has 1 heterocycles. The highest BCUT2D eigenvalue weighted by molar-refractivity contribution is 5.81. The summed E-state index contributed by atoms with van der Waals surface area (Å²) in [5.41, 5.74) is 4.54. The van der Waals surface area contributed by atoms with Crippen LogP contribution in [-0.2, 0) is 6.80 Å². The van der Waals surface area contributed by atoms with Crippen LogP contribution in [0.3, 0.4) is 0 Å². The van der Waals surface area contributed by atoms with Crippen LogP contribution in [0.1, 0.15) is 0 Å². The molecule has 0 radical (unpaired) electrons. The lowest BCUT2D eigenvalue weighted by Crippen LogP contribution is -2.20. The largest absolute Gasteiger partial charge is 0.396 e. The van der Waals surface area contributed by atoms with Crippen LogP contribution < -0.4 is 11.3 Å². The van der Waals surface area contributed by atoms with E-state index < -0.39 is 18.2 Å². The van der Waals surface area contributed by atoms with Crippen molar-refractivity contribution in [3.63, 3.8) is 0 Å². The molecule has 1 aromatic heterocycles. The Hall–Kier alpha value is -1.98. The fourth-order valence-corrected chi connectivity index (χ4v) is 1.31. The molecule has 0 unspecified atom stereocenters. The number of rotatable bonds is 1. The fourth-order valence-electron chi connectivity index (χ4n) is 1.31. The van der Waals surface area contributed by atoms with Crippen molar-refractivity contribution in [2.75, 3.05) is 5.73 Å².